The maximum Gasteiger partial charge on any atom is 0.261 e. The first kappa shape index (κ1) is 14.3. The van der Waals surface area contributed by atoms with Crippen LogP contribution in [0.25, 0.3) is 11.0 Å². The van der Waals surface area contributed by atoms with E-state index in [4.69, 9.17) is 0 Å². The van der Waals surface area contributed by atoms with Gasteiger partial charge in [0.25, 0.3) is 5.91 Å². The van der Waals surface area contributed by atoms with E-state index in [9.17, 15) is 9.59 Å². The van der Waals surface area contributed by atoms with E-state index in [1.807, 2.05) is 29.6 Å². The number of aromatic nitrogens is 2. The van der Waals surface area contributed by atoms with Gasteiger partial charge in [0.05, 0.1) is 15.9 Å². The van der Waals surface area contributed by atoms with E-state index in [-0.39, 0.29) is 11.8 Å². The van der Waals surface area contributed by atoms with Gasteiger partial charge in [-0.25, -0.2) is 4.98 Å². The molecule has 0 unspecified atom stereocenters. The molecule has 0 saturated heterocycles. The zero-order valence-electron chi connectivity index (χ0n) is 11.8. The van der Waals surface area contributed by atoms with Crippen LogP contribution >= 0.6 is 11.3 Å². The molecule has 3 N–H and O–H groups in total. The Morgan fingerprint density at radius 3 is 2.77 bits per heavy atom. The summed E-state index contributed by atoms with van der Waals surface area (Å²) >= 11 is 1.33. The number of hydrogen-bond donors (Lipinski definition) is 3. The summed E-state index contributed by atoms with van der Waals surface area (Å²) in [5, 5.41) is 7.13. The zero-order chi connectivity index (χ0) is 15.5. The Bertz CT molecular complexity index is 777. The van der Waals surface area contributed by atoms with E-state index >= 15 is 0 Å². The van der Waals surface area contributed by atoms with E-state index in [0.717, 1.165) is 11.0 Å². The molecule has 6 nitrogen and oxygen atoms in total. The van der Waals surface area contributed by atoms with Crippen LogP contribution in [0.3, 0.4) is 0 Å². The van der Waals surface area contributed by atoms with Gasteiger partial charge in [0.2, 0.25) is 11.9 Å². The smallest absolute Gasteiger partial charge is 0.261 e. The predicted molar refractivity (Wildman–Crippen MR) is 86.0 cm³/mol. The first-order chi connectivity index (χ1) is 10.6. The van der Waals surface area contributed by atoms with Gasteiger partial charge in [0.1, 0.15) is 6.04 Å². The average molecular weight is 314 g/mol. The molecule has 0 aliphatic heterocycles. The molecule has 0 radical (unpaired) electrons. The molecule has 1 atom stereocenters. The van der Waals surface area contributed by atoms with E-state index in [1.165, 1.54) is 11.3 Å². The number of nitrogens with one attached hydrogen (secondary N) is 3. The summed E-state index contributed by atoms with van der Waals surface area (Å²) in [4.78, 5) is 31.9. The number of rotatable bonds is 4. The van der Waals surface area contributed by atoms with Gasteiger partial charge in [-0.05, 0) is 30.5 Å². The molecule has 2 heterocycles. The SMILES string of the molecule is C[C@@H](NC(=O)c1cccs1)C(=O)Nc1nc2ccccc2[nH]1. The number of carbonyl (C=O) groups is 2. The van der Waals surface area contributed by atoms with Gasteiger partial charge in [0, 0.05) is 0 Å². The highest BCUT2D eigenvalue weighted by molar-refractivity contribution is 7.12. The molecule has 22 heavy (non-hydrogen) atoms. The minimum absolute atomic E-state index is 0.262. The topological polar surface area (TPSA) is 86.9 Å². The van der Waals surface area contributed by atoms with Gasteiger partial charge in [0.15, 0.2) is 0 Å². The molecule has 112 valence electrons. The lowest BCUT2D eigenvalue weighted by atomic mass is 10.3. The number of benzene rings is 1. The van der Waals surface area contributed by atoms with Crippen molar-refractivity contribution in [3.05, 3.63) is 46.7 Å². The second-order valence-corrected chi connectivity index (χ2v) is 5.71. The van der Waals surface area contributed by atoms with Crippen LogP contribution in [-0.4, -0.2) is 27.8 Å². The monoisotopic (exact) mass is 314 g/mol. The van der Waals surface area contributed by atoms with Crippen LogP contribution in [0, 0.1) is 0 Å². The number of thiophene rings is 1. The second-order valence-electron chi connectivity index (χ2n) is 4.76. The number of imidazole rings is 1. The van der Waals surface area contributed by atoms with Gasteiger partial charge < -0.3 is 10.3 Å². The van der Waals surface area contributed by atoms with Crippen LogP contribution in [0.5, 0.6) is 0 Å². The van der Waals surface area contributed by atoms with E-state index < -0.39 is 6.04 Å². The van der Waals surface area contributed by atoms with Crippen molar-refractivity contribution >= 4 is 40.1 Å². The fourth-order valence-corrected chi connectivity index (χ4v) is 2.60. The molecule has 0 spiro atoms. The number of carbonyl (C=O) groups excluding carboxylic acids is 2. The van der Waals surface area contributed by atoms with Crippen molar-refractivity contribution in [1.82, 2.24) is 15.3 Å². The third-order valence-corrected chi connectivity index (χ3v) is 3.99. The summed E-state index contributed by atoms with van der Waals surface area (Å²) in [6, 6.07) is 10.3. The number of hydrogen-bond acceptors (Lipinski definition) is 4. The Labute approximate surface area is 130 Å². The zero-order valence-corrected chi connectivity index (χ0v) is 12.6. The summed E-state index contributed by atoms with van der Waals surface area (Å²) in [6.07, 6.45) is 0. The molecular weight excluding hydrogens is 300 g/mol. The van der Waals surface area contributed by atoms with E-state index in [2.05, 4.69) is 20.6 Å². The van der Waals surface area contributed by atoms with Crippen LogP contribution in [0.4, 0.5) is 5.95 Å². The lowest BCUT2D eigenvalue weighted by Crippen LogP contribution is -2.41. The van der Waals surface area contributed by atoms with Crippen LogP contribution < -0.4 is 10.6 Å². The first-order valence-electron chi connectivity index (χ1n) is 6.73. The van der Waals surface area contributed by atoms with Crippen LogP contribution in [0.15, 0.2) is 41.8 Å². The van der Waals surface area contributed by atoms with Crippen molar-refractivity contribution in [2.24, 2.45) is 0 Å². The van der Waals surface area contributed by atoms with Gasteiger partial charge in [-0.15, -0.1) is 11.3 Å². The van der Waals surface area contributed by atoms with Crippen LogP contribution in [0.2, 0.25) is 0 Å². The minimum Gasteiger partial charge on any atom is -0.340 e. The van der Waals surface area contributed by atoms with Crippen molar-refractivity contribution in [1.29, 1.82) is 0 Å². The molecule has 1 aromatic carbocycles. The predicted octanol–water partition coefficient (Wildman–Crippen LogP) is 2.38. The highest BCUT2D eigenvalue weighted by atomic mass is 32.1. The third kappa shape index (κ3) is 2.99. The molecule has 3 rings (SSSR count). The Hall–Kier alpha value is -2.67. The summed E-state index contributed by atoms with van der Waals surface area (Å²) < 4.78 is 0. The lowest BCUT2D eigenvalue weighted by Gasteiger charge is -2.12. The van der Waals surface area contributed by atoms with Gasteiger partial charge in [-0.3, -0.25) is 14.9 Å². The molecule has 0 bridgehead atoms. The average Bonchev–Trinajstić information content (AvgIpc) is 3.15. The van der Waals surface area contributed by atoms with Crippen molar-refractivity contribution < 1.29 is 9.59 Å². The largest absolute Gasteiger partial charge is 0.340 e. The maximum atomic E-state index is 12.1. The highest BCUT2D eigenvalue weighted by Gasteiger charge is 2.18. The normalized spacial score (nSPS) is 12.0. The molecule has 7 heteroatoms. The second kappa shape index (κ2) is 5.98. The molecule has 3 aromatic rings. The van der Waals surface area contributed by atoms with Gasteiger partial charge in [-0.1, -0.05) is 18.2 Å². The van der Waals surface area contributed by atoms with Gasteiger partial charge in [-0.2, -0.15) is 0 Å². The standard InChI is InChI=1S/C15H14N4O2S/c1-9(16-14(21)12-7-4-8-22-12)13(20)19-15-17-10-5-2-3-6-11(10)18-15/h2-9H,1H3,(H,16,21)(H2,17,18,19,20)/t9-/m1/s1. The lowest BCUT2D eigenvalue weighted by molar-refractivity contribution is -0.117. The quantitative estimate of drug-likeness (QED) is 0.691. The molecule has 0 saturated carbocycles. The van der Waals surface area contributed by atoms with Crippen LogP contribution in [-0.2, 0) is 4.79 Å². The van der Waals surface area contributed by atoms with E-state index in [1.54, 1.807) is 19.1 Å². The number of aromatic amines is 1. The number of fused-ring (bicyclic) bond motifs is 1. The Morgan fingerprint density at radius 1 is 1.23 bits per heavy atom. The molecule has 2 amide bonds. The first-order valence-corrected chi connectivity index (χ1v) is 7.61. The number of nitrogens with zero attached hydrogens (tertiary/aromatic N) is 1. The Balaban J connectivity index is 1.64. The highest BCUT2D eigenvalue weighted by Crippen LogP contribution is 2.13. The summed E-state index contributed by atoms with van der Waals surface area (Å²) in [5.41, 5.74) is 1.61. The molecule has 2 aromatic heterocycles. The number of amides is 2. The maximum absolute atomic E-state index is 12.1. The number of anilines is 1. The summed E-state index contributed by atoms with van der Waals surface area (Å²) in [6.45, 7) is 1.63. The van der Waals surface area contributed by atoms with Gasteiger partial charge >= 0.3 is 0 Å². The van der Waals surface area contributed by atoms with E-state index in [0.29, 0.717) is 10.8 Å². The van der Waals surface area contributed by atoms with Crippen molar-refractivity contribution in [3.63, 3.8) is 0 Å². The Morgan fingerprint density at radius 2 is 2.05 bits per heavy atom. The summed E-state index contributed by atoms with van der Waals surface area (Å²) in [5.74, 6) is -0.227. The summed E-state index contributed by atoms with van der Waals surface area (Å²) in [7, 11) is 0. The van der Waals surface area contributed by atoms with Crippen molar-refractivity contribution in [2.45, 2.75) is 13.0 Å². The van der Waals surface area contributed by atoms with Crippen molar-refractivity contribution in [3.8, 4) is 0 Å². The molecule has 0 fully saturated rings. The molecule has 0 aliphatic carbocycles. The number of H-pyrrole nitrogens is 1. The fourth-order valence-electron chi connectivity index (χ4n) is 1.98. The third-order valence-electron chi connectivity index (χ3n) is 3.12. The molecule has 0 aliphatic rings. The number of para-hydroxylation sites is 2. The minimum atomic E-state index is -0.664. The van der Waals surface area contributed by atoms with Crippen molar-refractivity contribution in [2.75, 3.05) is 5.32 Å². The molecular formula is C15H14N4O2S. The Kier molecular flexibility index (Phi) is 3.88. The fraction of sp³-hybridized carbons (Fsp3) is 0.133. The van der Waals surface area contributed by atoms with Crippen LogP contribution in [0.1, 0.15) is 16.6 Å².